The second-order valence-corrected chi connectivity index (χ2v) is 7.49. The molecule has 4 aromatic carbocycles. The summed E-state index contributed by atoms with van der Waals surface area (Å²) in [6.45, 7) is 0. The molecule has 0 fully saturated rings. The highest BCUT2D eigenvalue weighted by Gasteiger charge is 2.17. The summed E-state index contributed by atoms with van der Waals surface area (Å²) < 4.78 is 31.9. The van der Waals surface area contributed by atoms with Crippen LogP contribution in [0.1, 0.15) is 0 Å². The number of anilines is 1. The molecule has 26 heavy (non-hydrogen) atoms. The Bertz CT molecular complexity index is 1270. The van der Waals surface area contributed by atoms with E-state index in [0.29, 0.717) is 16.5 Å². The molecule has 0 unspecified atom stereocenters. The van der Waals surface area contributed by atoms with Crippen molar-refractivity contribution in [2.45, 2.75) is 4.90 Å². The lowest BCUT2D eigenvalue weighted by molar-refractivity contribution is 0.471. The van der Waals surface area contributed by atoms with E-state index in [2.05, 4.69) is 0 Å². The van der Waals surface area contributed by atoms with Crippen molar-refractivity contribution in [2.75, 3.05) is 5.73 Å². The van der Waals surface area contributed by atoms with E-state index in [1.807, 2.05) is 42.5 Å². The van der Waals surface area contributed by atoms with Crippen LogP contribution in [0.4, 0.5) is 5.69 Å². The highest BCUT2D eigenvalue weighted by molar-refractivity contribution is 7.85. The number of aromatic hydroxyl groups is 1. The molecule has 0 spiro atoms. The number of phenolic OH excluding ortho intramolecular Hbond substituents is 1. The second-order valence-electron chi connectivity index (χ2n) is 6.07. The highest BCUT2D eigenvalue weighted by atomic mass is 32.2. The molecule has 0 aliphatic carbocycles. The summed E-state index contributed by atoms with van der Waals surface area (Å²) in [5.74, 6) is -0.297. The van der Waals surface area contributed by atoms with Crippen molar-refractivity contribution in [1.82, 2.24) is 0 Å². The van der Waals surface area contributed by atoms with Crippen LogP contribution in [0.15, 0.2) is 71.6 Å². The molecule has 4 N–H and O–H groups in total. The summed E-state index contributed by atoms with van der Waals surface area (Å²) in [4.78, 5) is -0.375. The number of nitrogens with two attached hydrogens (primary N) is 1. The number of fused-ring (bicyclic) bond motifs is 2. The van der Waals surface area contributed by atoms with E-state index >= 15 is 0 Å². The van der Waals surface area contributed by atoms with Crippen molar-refractivity contribution >= 4 is 37.4 Å². The Morgan fingerprint density at radius 2 is 1.54 bits per heavy atom. The first-order chi connectivity index (χ1) is 12.4. The summed E-state index contributed by atoms with van der Waals surface area (Å²) in [5, 5.41) is 13.2. The van der Waals surface area contributed by atoms with Crippen molar-refractivity contribution in [3.05, 3.63) is 66.7 Å². The molecule has 0 bridgehead atoms. The van der Waals surface area contributed by atoms with E-state index in [9.17, 15) is 18.1 Å². The van der Waals surface area contributed by atoms with Crippen LogP contribution in [0.2, 0.25) is 0 Å². The Kier molecular flexibility index (Phi) is 3.61. The van der Waals surface area contributed by atoms with Crippen LogP contribution in [0.3, 0.4) is 0 Å². The van der Waals surface area contributed by atoms with Crippen LogP contribution in [-0.4, -0.2) is 18.1 Å². The molecule has 0 aliphatic heterocycles. The molecule has 4 rings (SSSR count). The zero-order valence-electron chi connectivity index (χ0n) is 13.5. The summed E-state index contributed by atoms with van der Waals surface area (Å²) in [6, 6.07) is 19.5. The Hall–Kier alpha value is -3.09. The van der Waals surface area contributed by atoms with Gasteiger partial charge in [-0.25, -0.2) is 0 Å². The fourth-order valence-corrected chi connectivity index (χ4v) is 3.82. The minimum Gasteiger partial charge on any atom is -0.507 e. The Morgan fingerprint density at radius 1 is 0.808 bits per heavy atom. The number of hydrogen-bond acceptors (Lipinski definition) is 4. The molecule has 0 saturated heterocycles. The normalized spacial score (nSPS) is 11.9. The zero-order valence-corrected chi connectivity index (χ0v) is 14.4. The van der Waals surface area contributed by atoms with E-state index in [1.165, 1.54) is 6.07 Å². The van der Waals surface area contributed by atoms with Gasteiger partial charge in [-0.3, -0.25) is 4.55 Å². The van der Waals surface area contributed by atoms with Gasteiger partial charge in [0, 0.05) is 17.0 Å². The van der Waals surface area contributed by atoms with Gasteiger partial charge in [0.1, 0.15) is 5.75 Å². The number of nitrogen functional groups attached to an aromatic ring is 1. The maximum Gasteiger partial charge on any atom is 0.294 e. The van der Waals surface area contributed by atoms with Gasteiger partial charge in [-0.05, 0) is 27.8 Å². The number of phenols is 1. The predicted octanol–water partition coefficient (Wildman–Crippen LogP) is 4.19. The number of benzene rings is 4. The van der Waals surface area contributed by atoms with Crippen LogP contribution in [0.5, 0.6) is 5.75 Å². The molecule has 6 heteroatoms. The zero-order chi connectivity index (χ0) is 18.5. The highest BCUT2D eigenvalue weighted by Crippen LogP contribution is 2.40. The molecule has 0 aromatic heterocycles. The van der Waals surface area contributed by atoms with E-state index in [4.69, 9.17) is 5.73 Å². The van der Waals surface area contributed by atoms with Crippen molar-refractivity contribution < 1.29 is 18.1 Å². The third-order valence-corrected chi connectivity index (χ3v) is 5.32. The molecular weight excluding hydrogens is 350 g/mol. The van der Waals surface area contributed by atoms with Crippen LogP contribution < -0.4 is 5.73 Å². The van der Waals surface area contributed by atoms with E-state index < -0.39 is 10.1 Å². The second kappa shape index (κ2) is 5.72. The van der Waals surface area contributed by atoms with Crippen LogP contribution in [-0.2, 0) is 10.1 Å². The van der Waals surface area contributed by atoms with Gasteiger partial charge in [0.05, 0.1) is 10.6 Å². The van der Waals surface area contributed by atoms with Gasteiger partial charge in [-0.15, -0.1) is 0 Å². The third-order valence-electron chi connectivity index (χ3n) is 4.49. The van der Waals surface area contributed by atoms with Crippen LogP contribution in [0, 0.1) is 0 Å². The first kappa shape index (κ1) is 16.4. The molecule has 0 heterocycles. The summed E-state index contributed by atoms with van der Waals surface area (Å²) >= 11 is 0. The molecule has 0 amide bonds. The lowest BCUT2D eigenvalue weighted by Crippen LogP contribution is -1.99. The lowest BCUT2D eigenvalue weighted by atomic mass is 9.94. The molecule has 0 atom stereocenters. The molecule has 130 valence electrons. The summed E-state index contributed by atoms with van der Waals surface area (Å²) in [6.07, 6.45) is 0. The monoisotopic (exact) mass is 365 g/mol. The van der Waals surface area contributed by atoms with Crippen LogP contribution in [0.25, 0.3) is 32.7 Å². The van der Waals surface area contributed by atoms with Crippen molar-refractivity contribution in [1.29, 1.82) is 0 Å². The number of rotatable bonds is 2. The van der Waals surface area contributed by atoms with Gasteiger partial charge in [-0.1, -0.05) is 54.6 Å². The van der Waals surface area contributed by atoms with Gasteiger partial charge >= 0.3 is 0 Å². The van der Waals surface area contributed by atoms with Crippen LogP contribution >= 0.6 is 0 Å². The fraction of sp³-hybridized carbons (Fsp3) is 0. The van der Waals surface area contributed by atoms with E-state index in [-0.39, 0.29) is 10.6 Å². The van der Waals surface area contributed by atoms with Gasteiger partial charge in [0.25, 0.3) is 10.1 Å². The van der Waals surface area contributed by atoms with Crippen molar-refractivity contribution in [3.8, 4) is 16.9 Å². The molecular formula is C20H15NO4S. The first-order valence-corrected chi connectivity index (χ1v) is 9.31. The fourth-order valence-electron chi connectivity index (χ4n) is 3.29. The van der Waals surface area contributed by atoms with E-state index in [1.54, 1.807) is 12.1 Å². The maximum atomic E-state index is 11.4. The van der Waals surface area contributed by atoms with Crippen molar-refractivity contribution in [3.63, 3.8) is 0 Å². The van der Waals surface area contributed by atoms with E-state index in [0.717, 1.165) is 28.0 Å². The Balaban J connectivity index is 2.04. The predicted molar refractivity (Wildman–Crippen MR) is 103 cm³/mol. The largest absolute Gasteiger partial charge is 0.507 e. The minimum atomic E-state index is -4.42. The third kappa shape index (κ3) is 2.56. The quantitative estimate of drug-likeness (QED) is 0.365. The SMILES string of the molecule is Nc1c(-c2cccc3ccccc23)ccc2cc(S(=O)(=O)O)cc(O)c12. The molecule has 4 aromatic rings. The Morgan fingerprint density at radius 3 is 2.31 bits per heavy atom. The molecule has 0 radical (unpaired) electrons. The first-order valence-electron chi connectivity index (χ1n) is 7.87. The minimum absolute atomic E-state index is 0.297. The standard InChI is InChI=1S/C20H15NO4S/c21-20-17(16-7-3-5-12-4-1-2-6-15(12)16)9-8-13-10-14(26(23,24)25)11-18(22)19(13)20/h1-11,22H,21H2,(H,23,24,25). The van der Waals surface area contributed by atoms with Gasteiger partial charge in [-0.2, -0.15) is 8.42 Å². The average Bonchev–Trinajstić information content (AvgIpc) is 2.60. The topological polar surface area (TPSA) is 101 Å². The molecule has 0 aliphatic rings. The summed E-state index contributed by atoms with van der Waals surface area (Å²) in [7, 11) is -4.42. The lowest BCUT2D eigenvalue weighted by Gasteiger charge is -2.13. The summed E-state index contributed by atoms with van der Waals surface area (Å²) in [5.41, 5.74) is 8.33. The van der Waals surface area contributed by atoms with Gasteiger partial charge in [0.2, 0.25) is 0 Å². The van der Waals surface area contributed by atoms with Gasteiger partial charge < -0.3 is 10.8 Å². The van der Waals surface area contributed by atoms with Gasteiger partial charge in [0.15, 0.2) is 0 Å². The molecule has 5 nitrogen and oxygen atoms in total. The average molecular weight is 365 g/mol. The Labute approximate surface area is 150 Å². The maximum absolute atomic E-state index is 11.4. The number of hydrogen-bond donors (Lipinski definition) is 3. The molecule has 0 saturated carbocycles. The smallest absolute Gasteiger partial charge is 0.294 e. The van der Waals surface area contributed by atoms with Crippen molar-refractivity contribution in [2.24, 2.45) is 0 Å².